The highest BCUT2D eigenvalue weighted by molar-refractivity contribution is 5.89. The Balaban J connectivity index is 1.44. The third-order valence-electron chi connectivity index (χ3n) is 13.5. The number of esters is 2. The van der Waals surface area contributed by atoms with Crippen molar-refractivity contribution in [2.75, 3.05) is 27.8 Å². The Morgan fingerprint density at radius 1 is 1.00 bits per heavy atom. The van der Waals surface area contributed by atoms with Gasteiger partial charge in [-0.25, -0.2) is 4.79 Å². The van der Waals surface area contributed by atoms with Crippen molar-refractivity contribution in [1.82, 2.24) is 14.9 Å². The van der Waals surface area contributed by atoms with Gasteiger partial charge in [-0.3, -0.25) is 19.6 Å². The van der Waals surface area contributed by atoms with Gasteiger partial charge in [0.15, 0.2) is 24.6 Å². The standard InChI is InChI=1S/C50H66N4O12/c1-12-39-50(8)45(65-48(58)66-50)31(4)41(53-60-22-16-19-36-28-52-27-35-18-13-14-20-37(35)36)29(2)25-49(7,59-11)44(64-47-42(56)38(54(9)10)23-30(3)61-47)32(5)43(33(6)46(57)62-39)63-40(55)24-34-17-15-21-51-26-34/h13-15,17-18,20-21,26-33,38-39,42-45,47,56H,12,22-25H2,1-11H3/b53-41+/t29-,30-,31+,32+,33-,38+,39-,42-,43+,44-,45-,47+,49-,50-/m1/s1. The summed E-state index contributed by atoms with van der Waals surface area (Å²) in [5.41, 5.74) is -0.911. The SMILES string of the molecule is CC[C@H]1OC(=O)[C@H](C)[C@@H](OC(=O)Cc2cccnc2)[C@H](C)[C@@H](O[C@@H]2O[C@H](C)C[C@H](N(C)C)[C@H]2O)[C@](C)(OC)C[C@@H](C)/C(=N\OCC#Cc2cncc3ccccc23)[C@H](C)[C@H]2OC(=O)O[C@@]21C. The highest BCUT2D eigenvalue weighted by atomic mass is 16.8. The van der Waals surface area contributed by atoms with E-state index in [1.807, 2.05) is 84.8 Å². The summed E-state index contributed by atoms with van der Waals surface area (Å²) in [5.74, 6) is 1.85. The number of likely N-dealkylation sites (N-methyl/N-ethyl adjacent to an activating group) is 1. The molecule has 3 aromatic rings. The Hall–Kier alpha value is -5.18. The van der Waals surface area contributed by atoms with E-state index in [9.17, 15) is 19.5 Å². The van der Waals surface area contributed by atoms with Gasteiger partial charge < -0.3 is 48.0 Å². The number of ether oxygens (including phenoxy) is 7. The Bertz CT molecular complexity index is 2240. The fourth-order valence-electron chi connectivity index (χ4n) is 9.93. The lowest BCUT2D eigenvalue weighted by molar-refractivity contribution is -0.301. The van der Waals surface area contributed by atoms with Crippen LogP contribution in [-0.2, 0) is 54.0 Å². The van der Waals surface area contributed by atoms with Gasteiger partial charge in [-0.05, 0) is 72.7 Å². The van der Waals surface area contributed by atoms with Crippen LogP contribution in [0.15, 0.2) is 66.3 Å². The van der Waals surface area contributed by atoms with Crippen molar-refractivity contribution in [3.63, 3.8) is 0 Å². The summed E-state index contributed by atoms with van der Waals surface area (Å²) in [4.78, 5) is 58.0. The van der Waals surface area contributed by atoms with Gasteiger partial charge in [-0.2, -0.15) is 0 Å². The van der Waals surface area contributed by atoms with E-state index in [4.69, 9.17) is 43.2 Å². The van der Waals surface area contributed by atoms with E-state index in [0.29, 0.717) is 17.7 Å². The second-order valence-corrected chi connectivity index (χ2v) is 18.6. The fraction of sp³-hybridized carbons (Fsp3) is 0.600. The number of cyclic esters (lactones) is 1. The predicted molar refractivity (Wildman–Crippen MR) is 244 cm³/mol. The van der Waals surface area contributed by atoms with Gasteiger partial charge in [0.05, 0.1) is 41.4 Å². The van der Waals surface area contributed by atoms with E-state index < -0.39 is 89.8 Å². The maximum Gasteiger partial charge on any atom is 0.509 e. The predicted octanol–water partition coefficient (Wildman–Crippen LogP) is 6.29. The molecule has 0 aliphatic carbocycles. The molecule has 0 bridgehead atoms. The maximum absolute atomic E-state index is 14.6. The number of benzene rings is 1. The number of rotatable bonds is 10. The number of methoxy groups -OCH3 is 1. The normalized spacial score (nSPS) is 34.8. The molecule has 1 aromatic carbocycles. The van der Waals surface area contributed by atoms with Crippen LogP contribution in [0.3, 0.4) is 0 Å². The molecule has 6 rings (SSSR count). The first-order valence-corrected chi connectivity index (χ1v) is 22.8. The molecule has 5 heterocycles. The molecule has 3 saturated heterocycles. The average Bonchev–Trinajstić information content (AvgIpc) is 3.61. The lowest BCUT2D eigenvalue weighted by atomic mass is 9.73. The molecular formula is C50H66N4O12. The second kappa shape index (κ2) is 21.6. The first kappa shape index (κ1) is 50.2. The highest BCUT2D eigenvalue weighted by Crippen LogP contribution is 2.43. The number of aliphatic hydroxyl groups excluding tert-OH is 1. The van der Waals surface area contributed by atoms with E-state index in [1.165, 1.54) is 0 Å². The number of hydrogen-bond acceptors (Lipinski definition) is 16. The topological polar surface area (TPSA) is 187 Å². The summed E-state index contributed by atoms with van der Waals surface area (Å²) in [6, 6.07) is 11.0. The minimum Gasteiger partial charge on any atom is -0.461 e. The summed E-state index contributed by atoms with van der Waals surface area (Å²) in [6.07, 6.45) is -0.0815. The van der Waals surface area contributed by atoms with Crippen LogP contribution in [0.1, 0.15) is 85.8 Å². The highest BCUT2D eigenvalue weighted by Gasteiger charge is 2.59. The van der Waals surface area contributed by atoms with Gasteiger partial charge >= 0.3 is 18.1 Å². The largest absolute Gasteiger partial charge is 0.509 e. The summed E-state index contributed by atoms with van der Waals surface area (Å²) < 4.78 is 44.3. The smallest absolute Gasteiger partial charge is 0.461 e. The molecule has 0 amide bonds. The van der Waals surface area contributed by atoms with Gasteiger partial charge in [-0.15, -0.1) is 0 Å². The van der Waals surface area contributed by atoms with Crippen molar-refractivity contribution >= 4 is 34.6 Å². The van der Waals surface area contributed by atoms with E-state index >= 15 is 0 Å². The number of carbonyl (C=O) groups is 3. The number of carbonyl (C=O) groups excluding carboxylic acids is 3. The quantitative estimate of drug-likeness (QED) is 0.0786. The number of hydrogen-bond donors (Lipinski definition) is 1. The minimum absolute atomic E-state index is 0.0873. The van der Waals surface area contributed by atoms with Crippen molar-refractivity contribution in [2.24, 2.45) is 28.8 Å². The Morgan fingerprint density at radius 2 is 1.76 bits per heavy atom. The second-order valence-electron chi connectivity index (χ2n) is 18.6. The molecule has 3 aliphatic rings. The van der Waals surface area contributed by atoms with E-state index in [1.54, 1.807) is 57.9 Å². The molecule has 0 unspecified atom stereocenters. The molecule has 3 aliphatic heterocycles. The van der Waals surface area contributed by atoms with Gasteiger partial charge in [0.1, 0.15) is 18.3 Å². The van der Waals surface area contributed by atoms with Crippen molar-refractivity contribution < 1.29 is 57.5 Å². The molecule has 0 spiro atoms. The summed E-state index contributed by atoms with van der Waals surface area (Å²) in [7, 11) is 5.32. The van der Waals surface area contributed by atoms with Crippen LogP contribution in [-0.4, -0.2) is 132 Å². The zero-order valence-electron chi connectivity index (χ0n) is 40.0. The van der Waals surface area contributed by atoms with E-state index in [0.717, 1.165) is 16.3 Å². The van der Waals surface area contributed by atoms with Crippen molar-refractivity contribution in [3.8, 4) is 11.8 Å². The third kappa shape index (κ3) is 11.1. The molecule has 66 heavy (non-hydrogen) atoms. The number of pyridine rings is 2. The summed E-state index contributed by atoms with van der Waals surface area (Å²) in [6.45, 7) is 14.4. The van der Waals surface area contributed by atoms with Crippen LogP contribution in [0.2, 0.25) is 0 Å². The third-order valence-corrected chi connectivity index (χ3v) is 13.5. The molecule has 2 aromatic heterocycles. The molecule has 14 atom stereocenters. The van der Waals surface area contributed by atoms with Crippen LogP contribution < -0.4 is 0 Å². The van der Waals surface area contributed by atoms with Crippen LogP contribution in [0.25, 0.3) is 10.8 Å². The van der Waals surface area contributed by atoms with Crippen LogP contribution in [0, 0.1) is 35.5 Å². The molecule has 1 N–H and O–H groups in total. The van der Waals surface area contributed by atoms with Gasteiger partial charge in [0, 0.05) is 66.5 Å². The number of oxime groups is 1. The van der Waals surface area contributed by atoms with Crippen LogP contribution in [0.4, 0.5) is 4.79 Å². The molecule has 0 saturated carbocycles. The molecule has 0 radical (unpaired) electrons. The molecular weight excluding hydrogens is 849 g/mol. The zero-order chi connectivity index (χ0) is 47.9. The Labute approximate surface area is 388 Å². The summed E-state index contributed by atoms with van der Waals surface area (Å²) in [5, 5.41) is 18.4. The monoisotopic (exact) mass is 914 g/mol. The molecule has 358 valence electrons. The molecule has 16 nitrogen and oxygen atoms in total. The fourth-order valence-corrected chi connectivity index (χ4v) is 9.93. The van der Waals surface area contributed by atoms with Crippen molar-refractivity contribution in [3.05, 3.63) is 72.3 Å². The van der Waals surface area contributed by atoms with Gasteiger partial charge in [-0.1, -0.05) is 75.0 Å². The maximum atomic E-state index is 14.6. The lowest BCUT2D eigenvalue weighted by Crippen LogP contribution is -2.60. The minimum atomic E-state index is -1.48. The Morgan fingerprint density at radius 3 is 2.45 bits per heavy atom. The summed E-state index contributed by atoms with van der Waals surface area (Å²) >= 11 is 0. The van der Waals surface area contributed by atoms with E-state index in [-0.39, 0.29) is 38.0 Å². The van der Waals surface area contributed by atoms with Crippen molar-refractivity contribution in [2.45, 2.75) is 141 Å². The van der Waals surface area contributed by atoms with Gasteiger partial charge in [0.25, 0.3) is 0 Å². The number of fused-ring (bicyclic) bond motifs is 2. The number of aliphatic hydroxyl groups is 1. The first-order valence-electron chi connectivity index (χ1n) is 22.8. The van der Waals surface area contributed by atoms with Crippen molar-refractivity contribution in [1.29, 1.82) is 0 Å². The average molecular weight is 915 g/mol. The number of nitrogens with zero attached hydrogens (tertiary/aromatic N) is 4. The molecule has 3 fully saturated rings. The Kier molecular flexibility index (Phi) is 16.5. The first-order chi connectivity index (χ1) is 31.4. The lowest BCUT2D eigenvalue weighted by Gasteiger charge is -2.48. The number of aromatic nitrogens is 2. The van der Waals surface area contributed by atoms with Gasteiger partial charge in [0.2, 0.25) is 0 Å². The molecule has 16 heteroatoms. The van der Waals surface area contributed by atoms with Crippen LogP contribution >= 0.6 is 0 Å². The van der Waals surface area contributed by atoms with Crippen LogP contribution in [0.5, 0.6) is 0 Å². The van der Waals surface area contributed by atoms with E-state index in [2.05, 4.69) is 21.8 Å². The zero-order valence-corrected chi connectivity index (χ0v) is 40.0.